The Morgan fingerprint density at radius 3 is 2.56 bits per heavy atom. The Kier molecular flexibility index (Phi) is 5.25. The largest absolute Gasteiger partial charge is 0.441 e. The zero-order chi connectivity index (χ0) is 21.9. The monoisotopic (exact) mass is 422 g/mol. The van der Waals surface area contributed by atoms with E-state index in [1.807, 2.05) is 90.4 Å². The number of aryl methyl sites for hydroxylation is 2. The fourth-order valence-corrected chi connectivity index (χ4v) is 3.52. The molecule has 0 radical (unpaired) electrons. The van der Waals surface area contributed by atoms with Crippen LogP contribution in [0.1, 0.15) is 17.9 Å². The van der Waals surface area contributed by atoms with Crippen LogP contribution in [-0.2, 0) is 11.2 Å². The summed E-state index contributed by atoms with van der Waals surface area (Å²) in [6.07, 6.45) is 6.40. The lowest BCUT2D eigenvalue weighted by molar-refractivity contribution is -0.116. The number of nitrogens with zero attached hydrogens (tertiary/aromatic N) is 3. The summed E-state index contributed by atoms with van der Waals surface area (Å²) in [5, 5.41) is 2.93. The minimum absolute atomic E-state index is 0.0828. The third-order valence-electron chi connectivity index (χ3n) is 5.28. The molecule has 5 rings (SSSR count). The molecule has 0 saturated heterocycles. The van der Waals surface area contributed by atoms with Crippen LogP contribution in [0.15, 0.2) is 89.7 Å². The molecule has 0 bridgehead atoms. The fourth-order valence-electron chi connectivity index (χ4n) is 3.52. The van der Waals surface area contributed by atoms with Gasteiger partial charge in [-0.05, 0) is 31.2 Å². The smallest absolute Gasteiger partial charge is 0.224 e. The van der Waals surface area contributed by atoms with Gasteiger partial charge in [0.2, 0.25) is 5.91 Å². The number of aromatic nitrogens is 3. The first-order valence-corrected chi connectivity index (χ1v) is 10.5. The van der Waals surface area contributed by atoms with Crippen molar-refractivity contribution in [3.63, 3.8) is 0 Å². The summed E-state index contributed by atoms with van der Waals surface area (Å²) in [5.41, 5.74) is 5.70. The summed E-state index contributed by atoms with van der Waals surface area (Å²) in [4.78, 5) is 21.3. The number of imidazole rings is 1. The zero-order valence-electron chi connectivity index (χ0n) is 17.7. The van der Waals surface area contributed by atoms with E-state index in [1.165, 1.54) is 5.56 Å². The van der Waals surface area contributed by atoms with Crippen molar-refractivity contribution < 1.29 is 9.21 Å². The molecule has 0 aliphatic carbocycles. The van der Waals surface area contributed by atoms with Crippen molar-refractivity contribution >= 4 is 17.2 Å². The molecule has 6 heteroatoms. The number of oxazole rings is 1. The summed E-state index contributed by atoms with van der Waals surface area (Å²) in [6, 6.07) is 21.7. The van der Waals surface area contributed by atoms with E-state index in [0.717, 1.165) is 28.2 Å². The minimum atomic E-state index is -0.0828. The normalized spacial score (nSPS) is 11.0. The van der Waals surface area contributed by atoms with Crippen molar-refractivity contribution in [3.8, 4) is 22.6 Å². The highest BCUT2D eigenvalue weighted by molar-refractivity contribution is 5.91. The molecule has 158 valence electrons. The van der Waals surface area contributed by atoms with Crippen molar-refractivity contribution in [1.82, 2.24) is 14.4 Å². The van der Waals surface area contributed by atoms with Gasteiger partial charge in [-0.3, -0.25) is 4.79 Å². The molecule has 5 aromatic rings. The molecule has 0 aliphatic heterocycles. The predicted molar refractivity (Wildman–Crippen MR) is 124 cm³/mol. The number of fused-ring (bicyclic) bond motifs is 1. The minimum Gasteiger partial charge on any atom is -0.441 e. The number of carbonyl (C=O) groups excluding carboxylic acids is 1. The maximum atomic E-state index is 12.4. The van der Waals surface area contributed by atoms with Gasteiger partial charge in [0.15, 0.2) is 11.7 Å². The zero-order valence-corrected chi connectivity index (χ0v) is 17.7. The average Bonchev–Trinajstić information content (AvgIpc) is 3.46. The molecule has 1 amide bonds. The third-order valence-corrected chi connectivity index (χ3v) is 5.28. The van der Waals surface area contributed by atoms with E-state index >= 15 is 0 Å². The van der Waals surface area contributed by atoms with Crippen molar-refractivity contribution in [2.45, 2.75) is 19.8 Å². The Bertz CT molecular complexity index is 1330. The van der Waals surface area contributed by atoms with Crippen molar-refractivity contribution in [1.29, 1.82) is 0 Å². The predicted octanol–water partition coefficient (Wildman–Crippen LogP) is 5.54. The highest BCUT2D eigenvalue weighted by Gasteiger charge is 2.10. The second-order valence-corrected chi connectivity index (χ2v) is 7.70. The van der Waals surface area contributed by atoms with Gasteiger partial charge in [-0.1, -0.05) is 48.0 Å². The van der Waals surface area contributed by atoms with Crippen LogP contribution in [0.4, 0.5) is 5.69 Å². The van der Waals surface area contributed by atoms with Crippen LogP contribution in [0.3, 0.4) is 0 Å². The highest BCUT2D eigenvalue weighted by atomic mass is 16.4. The van der Waals surface area contributed by atoms with Gasteiger partial charge in [0.25, 0.3) is 0 Å². The van der Waals surface area contributed by atoms with E-state index < -0.39 is 0 Å². The maximum absolute atomic E-state index is 12.4. The summed E-state index contributed by atoms with van der Waals surface area (Å²) in [6.45, 7) is 2.04. The summed E-state index contributed by atoms with van der Waals surface area (Å²) in [5.74, 6) is 1.18. The number of carbonyl (C=O) groups is 1. The fraction of sp³-hybridized carbons (Fsp3) is 0.115. The Morgan fingerprint density at radius 1 is 1.00 bits per heavy atom. The van der Waals surface area contributed by atoms with E-state index in [2.05, 4.69) is 15.3 Å². The highest BCUT2D eigenvalue weighted by Crippen LogP contribution is 2.23. The van der Waals surface area contributed by atoms with Gasteiger partial charge >= 0.3 is 0 Å². The van der Waals surface area contributed by atoms with Crippen LogP contribution in [0.25, 0.3) is 28.2 Å². The van der Waals surface area contributed by atoms with Crippen molar-refractivity contribution in [2.24, 2.45) is 0 Å². The number of pyridine rings is 1. The van der Waals surface area contributed by atoms with Gasteiger partial charge < -0.3 is 14.1 Å². The molecule has 6 nitrogen and oxygen atoms in total. The van der Waals surface area contributed by atoms with Crippen LogP contribution < -0.4 is 5.32 Å². The van der Waals surface area contributed by atoms with Gasteiger partial charge in [-0.25, -0.2) is 9.97 Å². The third kappa shape index (κ3) is 4.30. The number of anilines is 1. The van der Waals surface area contributed by atoms with Crippen molar-refractivity contribution in [2.75, 3.05) is 5.32 Å². The number of hydrogen-bond acceptors (Lipinski definition) is 4. The summed E-state index contributed by atoms with van der Waals surface area (Å²) in [7, 11) is 0. The van der Waals surface area contributed by atoms with E-state index in [4.69, 9.17) is 4.42 Å². The van der Waals surface area contributed by atoms with E-state index in [0.29, 0.717) is 24.5 Å². The molecule has 1 N–H and O–H groups in total. The molecular weight excluding hydrogens is 400 g/mol. The second-order valence-electron chi connectivity index (χ2n) is 7.70. The molecule has 3 heterocycles. The molecule has 0 atom stereocenters. The lowest BCUT2D eigenvalue weighted by Gasteiger charge is -2.05. The SMILES string of the molecule is Cc1ccc(-c2cnc(CCC(=O)Nc3ccc(-c4cn5ccccc5n4)cc3)o2)cc1. The number of rotatable bonds is 6. The first-order valence-electron chi connectivity index (χ1n) is 10.5. The van der Waals surface area contributed by atoms with Gasteiger partial charge in [-0.15, -0.1) is 0 Å². The first kappa shape index (κ1) is 19.8. The molecule has 2 aromatic carbocycles. The average molecular weight is 422 g/mol. The Labute approximate surface area is 185 Å². The van der Waals surface area contributed by atoms with E-state index in [9.17, 15) is 4.79 Å². The second kappa shape index (κ2) is 8.51. The lowest BCUT2D eigenvalue weighted by Crippen LogP contribution is -2.12. The summed E-state index contributed by atoms with van der Waals surface area (Å²) < 4.78 is 7.78. The molecule has 0 fully saturated rings. The first-order chi connectivity index (χ1) is 15.6. The number of amides is 1. The maximum Gasteiger partial charge on any atom is 0.224 e. The van der Waals surface area contributed by atoms with Crippen molar-refractivity contribution in [3.05, 3.63) is 96.8 Å². The van der Waals surface area contributed by atoms with Crippen LogP contribution in [0.5, 0.6) is 0 Å². The Hall–Kier alpha value is -4.19. The van der Waals surface area contributed by atoms with E-state index in [1.54, 1.807) is 6.20 Å². The number of hydrogen-bond donors (Lipinski definition) is 1. The molecule has 0 spiro atoms. The standard InChI is InChI=1S/C26H22N4O2/c1-18-5-7-20(8-6-18)23-16-27-26(32-23)14-13-25(31)28-21-11-9-19(10-12-21)22-17-30-15-3-2-4-24(30)29-22/h2-12,15-17H,13-14H2,1H3,(H,28,31). The number of benzene rings is 2. The molecular formula is C26H22N4O2. The molecule has 0 saturated carbocycles. The topological polar surface area (TPSA) is 72.4 Å². The molecule has 32 heavy (non-hydrogen) atoms. The molecule has 3 aromatic heterocycles. The van der Waals surface area contributed by atoms with E-state index in [-0.39, 0.29) is 5.91 Å². The van der Waals surface area contributed by atoms with Crippen LogP contribution in [0.2, 0.25) is 0 Å². The molecule has 0 aliphatic rings. The Morgan fingerprint density at radius 2 is 1.78 bits per heavy atom. The number of nitrogens with one attached hydrogen (secondary N) is 1. The van der Waals surface area contributed by atoms with Crippen LogP contribution >= 0.6 is 0 Å². The summed E-state index contributed by atoms with van der Waals surface area (Å²) >= 11 is 0. The van der Waals surface area contributed by atoms with Gasteiger partial charge in [0.1, 0.15) is 5.65 Å². The van der Waals surface area contributed by atoms with Crippen LogP contribution in [-0.4, -0.2) is 20.3 Å². The Balaban J connectivity index is 1.18. The molecule has 0 unspecified atom stereocenters. The quantitative estimate of drug-likeness (QED) is 0.390. The lowest BCUT2D eigenvalue weighted by atomic mass is 10.1. The van der Waals surface area contributed by atoms with Gasteiger partial charge in [-0.2, -0.15) is 0 Å². The van der Waals surface area contributed by atoms with Gasteiger partial charge in [0.05, 0.1) is 11.9 Å². The van der Waals surface area contributed by atoms with Crippen LogP contribution in [0, 0.1) is 6.92 Å². The van der Waals surface area contributed by atoms with Gasteiger partial charge in [0, 0.05) is 42.0 Å².